The van der Waals surface area contributed by atoms with E-state index in [-0.39, 0.29) is 25.2 Å². The largest absolute Gasteiger partial charge is 0.481 e. The Kier molecular flexibility index (Phi) is 6.62. The zero-order valence-electron chi connectivity index (χ0n) is 17.3. The van der Waals surface area contributed by atoms with Crippen LogP contribution in [0.4, 0.5) is 0 Å². The number of hydrogen-bond acceptors (Lipinski definition) is 4. The highest BCUT2D eigenvalue weighted by Gasteiger charge is 2.21. The van der Waals surface area contributed by atoms with E-state index in [1.165, 1.54) is 5.56 Å². The van der Waals surface area contributed by atoms with Gasteiger partial charge in [-0.05, 0) is 42.0 Å². The van der Waals surface area contributed by atoms with Crippen LogP contribution in [0.5, 0.6) is 5.75 Å². The third-order valence-corrected chi connectivity index (χ3v) is 5.39. The first kappa shape index (κ1) is 20.7. The van der Waals surface area contributed by atoms with Crippen LogP contribution in [-0.4, -0.2) is 25.1 Å². The van der Waals surface area contributed by atoms with Gasteiger partial charge >= 0.3 is 5.97 Å². The van der Waals surface area contributed by atoms with Crippen LogP contribution >= 0.6 is 0 Å². The molecule has 1 N–H and O–H groups in total. The van der Waals surface area contributed by atoms with Gasteiger partial charge in [0.15, 0.2) is 13.2 Å². The molecule has 1 amide bonds. The van der Waals surface area contributed by atoms with Crippen molar-refractivity contribution in [2.75, 3.05) is 13.2 Å². The van der Waals surface area contributed by atoms with Crippen LogP contribution in [0.15, 0.2) is 78.9 Å². The number of amides is 1. The first-order valence-electron chi connectivity index (χ1n) is 10.5. The summed E-state index contributed by atoms with van der Waals surface area (Å²) in [6, 6.07) is 25.4. The van der Waals surface area contributed by atoms with Gasteiger partial charge in [0, 0.05) is 5.56 Å². The predicted molar refractivity (Wildman–Crippen MR) is 119 cm³/mol. The Labute approximate surface area is 182 Å². The number of nitrogens with one attached hydrogen (secondary N) is 1. The SMILES string of the molecule is O=C(COC(=O)COc1ccccc1-c1ccccc1)N[C@@H]1CCCc2ccccc21. The third kappa shape index (κ3) is 5.31. The van der Waals surface area contributed by atoms with Gasteiger partial charge in [0.1, 0.15) is 5.75 Å². The lowest BCUT2D eigenvalue weighted by molar-refractivity contribution is -0.150. The van der Waals surface area contributed by atoms with E-state index in [1.807, 2.05) is 72.8 Å². The monoisotopic (exact) mass is 415 g/mol. The van der Waals surface area contributed by atoms with Crippen molar-refractivity contribution >= 4 is 11.9 Å². The maximum absolute atomic E-state index is 12.3. The van der Waals surface area contributed by atoms with Crippen LogP contribution in [-0.2, 0) is 20.7 Å². The van der Waals surface area contributed by atoms with Gasteiger partial charge in [-0.2, -0.15) is 0 Å². The number of para-hydroxylation sites is 1. The molecular weight excluding hydrogens is 390 g/mol. The van der Waals surface area contributed by atoms with E-state index < -0.39 is 5.97 Å². The lowest BCUT2D eigenvalue weighted by Crippen LogP contribution is -2.34. The summed E-state index contributed by atoms with van der Waals surface area (Å²) in [6.45, 7) is -0.579. The van der Waals surface area contributed by atoms with E-state index in [0.717, 1.165) is 36.0 Å². The normalized spacial score (nSPS) is 14.9. The molecule has 158 valence electrons. The number of hydrogen-bond donors (Lipinski definition) is 1. The van der Waals surface area contributed by atoms with Crippen molar-refractivity contribution < 1.29 is 19.1 Å². The average molecular weight is 415 g/mol. The van der Waals surface area contributed by atoms with E-state index in [0.29, 0.717) is 5.75 Å². The molecule has 0 radical (unpaired) electrons. The molecule has 0 spiro atoms. The molecule has 0 saturated carbocycles. The van der Waals surface area contributed by atoms with E-state index in [2.05, 4.69) is 11.4 Å². The van der Waals surface area contributed by atoms with Gasteiger partial charge < -0.3 is 14.8 Å². The molecule has 0 heterocycles. The van der Waals surface area contributed by atoms with E-state index >= 15 is 0 Å². The summed E-state index contributed by atoms with van der Waals surface area (Å²) in [5.41, 5.74) is 4.30. The van der Waals surface area contributed by atoms with Crippen LogP contribution in [0.25, 0.3) is 11.1 Å². The van der Waals surface area contributed by atoms with Crippen molar-refractivity contribution in [1.29, 1.82) is 0 Å². The van der Waals surface area contributed by atoms with Crippen molar-refractivity contribution in [3.05, 3.63) is 90.0 Å². The second kappa shape index (κ2) is 9.94. The molecule has 0 saturated heterocycles. The number of ether oxygens (including phenoxy) is 2. The maximum atomic E-state index is 12.3. The number of aryl methyl sites for hydroxylation is 1. The summed E-state index contributed by atoms with van der Waals surface area (Å²) >= 11 is 0. The Morgan fingerprint density at radius 1 is 0.871 bits per heavy atom. The molecule has 1 atom stereocenters. The fraction of sp³-hybridized carbons (Fsp3) is 0.231. The van der Waals surface area contributed by atoms with E-state index in [4.69, 9.17) is 9.47 Å². The van der Waals surface area contributed by atoms with Crippen molar-refractivity contribution in [2.24, 2.45) is 0 Å². The minimum Gasteiger partial charge on any atom is -0.481 e. The molecule has 0 fully saturated rings. The fourth-order valence-corrected chi connectivity index (χ4v) is 3.91. The summed E-state index contributed by atoms with van der Waals surface area (Å²) < 4.78 is 10.8. The first-order chi connectivity index (χ1) is 15.2. The van der Waals surface area contributed by atoms with Gasteiger partial charge in [-0.3, -0.25) is 4.79 Å². The number of esters is 1. The van der Waals surface area contributed by atoms with Crippen molar-refractivity contribution in [3.8, 4) is 16.9 Å². The molecule has 0 unspecified atom stereocenters. The minimum absolute atomic E-state index is 0.0369. The Balaban J connectivity index is 1.28. The number of fused-ring (bicyclic) bond motifs is 1. The Bertz CT molecular complexity index is 1050. The molecule has 5 nitrogen and oxygen atoms in total. The minimum atomic E-state index is -0.581. The molecule has 31 heavy (non-hydrogen) atoms. The fourth-order valence-electron chi connectivity index (χ4n) is 3.91. The predicted octanol–water partition coefficient (Wildman–Crippen LogP) is 4.47. The number of carbonyl (C=O) groups is 2. The van der Waals surface area contributed by atoms with Gasteiger partial charge in [-0.25, -0.2) is 4.79 Å². The number of benzene rings is 3. The summed E-state index contributed by atoms with van der Waals surface area (Å²) in [5.74, 6) is -0.296. The average Bonchev–Trinajstić information content (AvgIpc) is 2.82. The molecule has 4 rings (SSSR count). The van der Waals surface area contributed by atoms with Gasteiger partial charge in [0.2, 0.25) is 0 Å². The van der Waals surface area contributed by atoms with Crippen LogP contribution in [0.2, 0.25) is 0 Å². The maximum Gasteiger partial charge on any atom is 0.344 e. The summed E-state index contributed by atoms with van der Waals surface area (Å²) in [7, 11) is 0. The molecular formula is C26H25NO4. The van der Waals surface area contributed by atoms with Crippen molar-refractivity contribution in [2.45, 2.75) is 25.3 Å². The van der Waals surface area contributed by atoms with Gasteiger partial charge in [0.05, 0.1) is 6.04 Å². The molecule has 3 aromatic carbocycles. The lowest BCUT2D eigenvalue weighted by Gasteiger charge is -2.26. The molecule has 5 heteroatoms. The topological polar surface area (TPSA) is 64.6 Å². The van der Waals surface area contributed by atoms with Gasteiger partial charge in [0.25, 0.3) is 5.91 Å². The molecule has 0 aliphatic heterocycles. The molecule has 3 aromatic rings. The highest BCUT2D eigenvalue weighted by Crippen LogP contribution is 2.30. The van der Waals surface area contributed by atoms with Gasteiger partial charge in [-0.1, -0.05) is 72.8 Å². The molecule has 1 aliphatic rings. The molecule has 1 aliphatic carbocycles. The summed E-state index contributed by atoms with van der Waals surface area (Å²) in [5, 5.41) is 2.98. The quantitative estimate of drug-likeness (QED) is 0.579. The lowest BCUT2D eigenvalue weighted by atomic mass is 9.88. The van der Waals surface area contributed by atoms with Crippen LogP contribution in [0.1, 0.15) is 30.0 Å². The second-order valence-corrected chi connectivity index (χ2v) is 7.52. The third-order valence-electron chi connectivity index (χ3n) is 5.39. The first-order valence-corrected chi connectivity index (χ1v) is 10.5. The van der Waals surface area contributed by atoms with Crippen LogP contribution in [0.3, 0.4) is 0 Å². The second-order valence-electron chi connectivity index (χ2n) is 7.52. The van der Waals surface area contributed by atoms with Crippen LogP contribution < -0.4 is 10.1 Å². The Morgan fingerprint density at radius 3 is 2.48 bits per heavy atom. The van der Waals surface area contributed by atoms with Crippen LogP contribution in [0, 0.1) is 0 Å². The Hall–Kier alpha value is -3.60. The smallest absolute Gasteiger partial charge is 0.344 e. The molecule has 0 bridgehead atoms. The highest BCUT2D eigenvalue weighted by atomic mass is 16.6. The van der Waals surface area contributed by atoms with Crippen molar-refractivity contribution in [3.63, 3.8) is 0 Å². The summed E-state index contributed by atoms with van der Waals surface area (Å²) in [4.78, 5) is 24.4. The number of carbonyl (C=O) groups excluding carboxylic acids is 2. The zero-order valence-corrected chi connectivity index (χ0v) is 17.3. The molecule has 0 aromatic heterocycles. The van der Waals surface area contributed by atoms with E-state index in [9.17, 15) is 9.59 Å². The highest BCUT2D eigenvalue weighted by molar-refractivity contribution is 5.81. The zero-order chi connectivity index (χ0) is 21.5. The van der Waals surface area contributed by atoms with Gasteiger partial charge in [-0.15, -0.1) is 0 Å². The van der Waals surface area contributed by atoms with Crippen molar-refractivity contribution in [1.82, 2.24) is 5.32 Å². The summed E-state index contributed by atoms with van der Waals surface area (Å²) in [6.07, 6.45) is 2.94. The van der Waals surface area contributed by atoms with E-state index in [1.54, 1.807) is 0 Å². The standard InChI is InChI=1S/C26H25NO4/c28-25(27-23-15-8-12-19-11-4-5-13-21(19)23)17-31-26(29)18-30-24-16-7-6-14-22(24)20-9-2-1-3-10-20/h1-7,9-11,13-14,16,23H,8,12,15,17-18H2,(H,27,28)/t23-/m1/s1. The number of rotatable bonds is 7. The Morgan fingerprint density at radius 2 is 1.61 bits per heavy atom.